The molecule has 320 valence electrons. The fourth-order valence-corrected chi connectivity index (χ4v) is 19.6. The first-order valence-corrected chi connectivity index (χ1v) is 24.5. The number of carbonyl (C=O) groups is 1. The molecule has 0 aliphatic carbocycles. The highest BCUT2D eigenvalue weighted by atomic mass is 31.1. The molecule has 0 aromatic heterocycles. The van der Waals surface area contributed by atoms with E-state index in [1.165, 1.54) is 54.4 Å². The Labute approximate surface area is 366 Å². The van der Waals surface area contributed by atoms with Gasteiger partial charge in [-0.25, -0.2) is 0 Å². The van der Waals surface area contributed by atoms with Gasteiger partial charge in [-0.05, 0) is 87.2 Å². The summed E-state index contributed by atoms with van der Waals surface area (Å²) >= 11 is 0. The van der Waals surface area contributed by atoms with Crippen molar-refractivity contribution in [1.82, 2.24) is 0 Å². The Balaban J connectivity index is 0.000000170. The summed E-state index contributed by atoms with van der Waals surface area (Å²) < 4.78 is 12.4. The van der Waals surface area contributed by atoms with Gasteiger partial charge in [-0.15, -0.1) is 0 Å². The fourth-order valence-electron chi connectivity index (χ4n) is 10.9. The van der Waals surface area contributed by atoms with E-state index in [1.54, 1.807) is 0 Å². The topological polar surface area (TPSA) is 76.0 Å². The summed E-state index contributed by atoms with van der Waals surface area (Å²) in [6, 6.07) is 48.7. The predicted octanol–water partition coefficient (Wildman–Crippen LogP) is 12.2. The smallest absolute Gasteiger partial charge is 0.170 e. The van der Waals surface area contributed by atoms with E-state index >= 15 is 0 Å². The van der Waals surface area contributed by atoms with Crippen LogP contribution in [0.5, 0.6) is 0 Å². The zero-order chi connectivity index (χ0) is 43.6. The van der Waals surface area contributed by atoms with Crippen LogP contribution in [0.15, 0.2) is 133 Å². The normalized spacial score (nSPS) is 20.1. The fraction of sp³-hybridized carbons (Fsp3) is 0.389. The van der Waals surface area contributed by atoms with Crippen LogP contribution in [0.25, 0.3) is 43.8 Å². The van der Waals surface area contributed by atoms with Crippen molar-refractivity contribution in [3.05, 3.63) is 133 Å². The second kappa shape index (κ2) is 18.1. The minimum atomic E-state index is -0.488. The van der Waals surface area contributed by atoms with Gasteiger partial charge < -0.3 is 19.7 Å². The molecule has 3 aliphatic rings. The molecule has 61 heavy (non-hydrogen) atoms. The van der Waals surface area contributed by atoms with Gasteiger partial charge in [-0.2, -0.15) is 0 Å². The number of rotatable bonds is 5. The van der Waals surface area contributed by atoms with Crippen molar-refractivity contribution < 1.29 is 24.5 Å². The number of Topliss-reactive ketones (excluding diaryl/α,β-unsaturated/α-hetero) is 1. The lowest BCUT2D eigenvalue weighted by Gasteiger charge is -2.55. The van der Waals surface area contributed by atoms with Crippen molar-refractivity contribution >= 4 is 53.8 Å². The molecule has 0 atom stereocenters. The number of aliphatic hydroxyl groups excluding tert-OH is 2. The lowest BCUT2D eigenvalue weighted by molar-refractivity contribution is -0.178. The second-order valence-electron chi connectivity index (χ2n) is 19.4. The standard InChI is InChI=1S/C27H31O2P.C25H27OP.C2H6O2/c1-25(2)18-27(28-15-16-29-27)19-26(3,4)30(25)24-12-8-7-11-23(24)22-14-13-20-9-5-6-10-21(20)17-22;1-24(2)16-21(26)17-25(3,4)27(24)23-12-8-7-11-22(23)20-14-13-18-9-5-6-10-19(18)15-20;3-1-2-4/h5-14,17H,15-16,18-19H2,1-4H3;5-15H,16-17H2,1-4H3;3-4H,1-2H2. The molecule has 0 saturated carbocycles. The summed E-state index contributed by atoms with van der Waals surface area (Å²) in [4.78, 5) is 12.4. The van der Waals surface area contributed by atoms with Crippen LogP contribution in [0.3, 0.4) is 0 Å². The van der Waals surface area contributed by atoms with E-state index in [0.717, 1.165) is 26.1 Å². The van der Waals surface area contributed by atoms with Crippen LogP contribution in [0.2, 0.25) is 0 Å². The summed E-state index contributed by atoms with van der Waals surface area (Å²) in [5, 5.41) is 23.6. The molecular weight excluding hydrogens is 791 g/mol. The molecule has 0 radical (unpaired) electrons. The van der Waals surface area contributed by atoms with Crippen molar-refractivity contribution in [2.24, 2.45) is 0 Å². The van der Waals surface area contributed by atoms with E-state index < -0.39 is 21.6 Å². The Kier molecular flexibility index (Phi) is 13.4. The van der Waals surface area contributed by atoms with E-state index in [4.69, 9.17) is 19.7 Å². The van der Waals surface area contributed by atoms with Gasteiger partial charge in [0.25, 0.3) is 0 Å². The summed E-state index contributed by atoms with van der Waals surface area (Å²) in [5.41, 5.74) is 5.28. The average Bonchev–Trinajstić information content (AvgIpc) is 3.65. The van der Waals surface area contributed by atoms with E-state index in [0.29, 0.717) is 18.6 Å². The number of hydrogen-bond donors (Lipinski definition) is 2. The zero-order valence-corrected chi connectivity index (χ0v) is 39.2. The SMILES string of the molecule is CC1(C)CC(=O)CC(C)(C)P1c1ccccc1-c1ccc2ccccc2c1.CC1(C)CC2(CC(C)(C)P1c1ccccc1-c1ccc3ccccc3c1)OCCO2.OCCO. The highest BCUT2D eigenvalue weighted by molar-refractivity contribution is 7.69. The Hall–Kier alpha value is -3.79. The van der Waals surface area contributed by atoms with E-state index in [2.05, 4.69) is 189 Å². The van der Waals surface area contributed by atoms with Gasteiger partial charge in [0.05, 0.1) is 26.4 Å². The summed E-state index contributed by atoms with van der Waals surface area (Å²) in [6.45, 7) is 20.0. The number of carbonyl (C=O) groups excluding carboxylic acids is 1. The molecule has 2 N–H and O–H groups in total. The van der Waals surface area contributed by atoms with Crippen LogP contribution in [-0.4, -0.2) is 68.8 Å². The molecule has 6 aromatic carbocycles. The maximum atomic E-state index is 12.4. The van der Waals surface area contributed by atoms with Crippen molar-refractivity contribution in [3.63, 3.8) is 0 Å². The van der Waals surface area contributed by atoms with E-state index in [1.807, 2.05) is 0 Å². The summed E-state index contributed by atoms with van der Waals surface area (Å²) in [7, 11) is -0.932. The minimum Gasteiger partial charge on any atom is -0.394 e. The maximum Gasteiger partial charge on any atom is 0.170 e. The van der Waals surface area contributed by atoms with Crippen LogP contribution >= 0.6 is 15.8 Å². The van der Waals surface area contributed by atoms with Crippen LogP contribution < -0.4 is 10.6 Å². The second-order valence-corrected chi connectivity index (χ2v) is 26.5. The molecule has 9 rings (SSSR count). The van der Waals surface area contributed by atoms with Crippen molar-refractivity contribution in [2.75, 3.05) is 26.4 Å². The Morgan fingerprint density at radius 1 is 0.475 bits per heavy atom. The first-order valence-electron chi connectivity index (χ1n) is 21.8. The highest BCUT2D eigenvalue weighted by Gasteiger charge is 2.57. The molecule has 3 heterocycles. The summed E-state index contributed by atoms with van der Waals surface area (Å²) in [5.74, 6) is 0.0101. The maximum absolute atomic E-state index is 12.4. The summed E-state index contributed by atoms with van der Waals surface area (Å²) in [6.07, 6.45) is 3.30. The number of aliphatic hydroxyl groups is 2. The van der Waals surface area contributed by atoms with Gasteiger partial charge in [-0.1, -0.05) is 193 Å². The molecule has 7 heteroatoms. The largest absolute Gasteiger partial charge is 0.394 e. The predicted molar refractivity (Wildman–Crippen MR) is 260 cm³/mol. The lowest BCUT2D eigenvalue weighted by atomic mass is 9.91. The number of fused-ring (bicyclic) bond motifs is 2. The number of benzene rings is 6. The average molecular weight is 855 g/mol. The molecule has 6 aromatic rings. The number of ketones is 1. The van der Waals surface area contributed by atoms with E-state index in [9.17, 15) is 4.79 Å². The van der Waals surface area contributed by atoms with Gasteiger partial charge >= 0.3 is 0 Å². The van der Waals surface area contributed by atoms with Crippen molar-refractivity contribution in [1.29, 1.82) is 0 Å². The molecule has 0 unspecified atom stereocenters. The van der Waals surface area contributed by atoms with E-state index in [-0.39, 0.29) is 33.8 Å². The lowest BCUT2D eigenvalue weighted by Crippen LogP contribution is -2.52. The quantitative estimate of drug-likeness (QED) is 0.169. The van der Waals surface area contributed by atoms with Gasteiger partial charge in [-0.3, -0.25) is 4.79 Å². The van der Waals surface area contributed by atoms with Crippen LogP contribution in [0.4, 0.5) is 0 Å². The van der Waals surface area contributed by atoms with Crippen LogP contribution in [0, 0.1) is 0 Å². The third-order valence-electron chi connectivity index (χ3n) is 12.4. The van der Waals surface area contributed by atoms with Gasteiger partial charge in [0.2, 0.25) is 0 Å². The van der Waals surface area contributed by atoms with Crippen molar-refractivity contribution in [2.45, 2.75) is 107 Å². The number of hydrogen-bond acceptors (Lipinski definition) is 5. The first kappa shape index (κ1) is 45.2. The van der Waals surface area contributed by atoms with Crippen LogP contribution in [-0.2, 0) is 14.3 Å². The Bertz CT molecular complexity index is 2440. The molecule has 0 amide bonds. The Morgan fingerprint density at radius 3 is 1.25 bits per heavy atom. The molecule has 3 saturated heterocycles. The molecule has 1 spiro atoms. The molecular formula is C54H64O5P2. The van der Waals surface area contributed by atoms with Crippen LogP contribution in [0.1, 0.15) is 81.1 Å². The minimum absolute atomic E-state index is 0.0150. The third kappa shape index (κ3) is 9.74. The highest BCUT2D eigenvalue weighted by Crippen LogP contribution is 2.69. The van der Waals surface area contributed by atoms with Gasteiger partial charge in [0.1, 0.15) is 5.78 Å². The molecule has 0 bridgehead atoms. The third-order valence-corrected chi connectivity index (χ3v) is 19.6. The molecule has 3 fully saturated rings. The first-order chi connectivity index (χ1) is 29.0. The Morgan fingerprint density at radius 2 is 0.836 bits per heavy atom. The number of ether oxygens (including phenoxy) is 2. The van der Waals surface area contributed by atoms with Gasteiger partial charge in [0, 0.05) is 25.7 Å². The zero-order valence-electron chi connectivity index (χ0n) is 37.4. The van der Waals surface area contributed by atoms with Crippen molar-refractivity contribution in [3.8, 4) is 22.3 Å². The monoisotopic (exact) mass is 854 g/mol. The molecule has 3 aliphatic heterocycles. The molecule has 5 nitrogen and oxygen atoms in total. The van der Waals surface area contributed by atoms with Gasteiger partial charge in [0.15, 0.2) is 5.79 Å².